The van der Waals surface area contributed by atoms with Gasteiger partial charge < -0.3 is 26.0 Å². The van der Waals surface area contributed by atoms with E-state index >= 15 is 0 Å². The Bertz CT molecular complexity index is 1350. The molecule has 0 saturated carbocycles. The fourth-order valence-corrected chi connectivity index (χ4v) is 3.20. The molecule has 4 rings (SSSR count). The van der Waals surface area contributed by atoms with Crippen molar-refractivity contribution in [3.63, 3.8) is 0 Å². The Kier molecular flexibility index (Phi) is 5.44. The Morgan fingerprint density at radius 2 is 2.12 bits per heavy atom. The normalized spacial score (nSPS) is 11.8. The van der Waals surface area contributed by atoms with Crippen LogP contribution in [-0.2, 0) is 6.61 Å². The minimum absolute atomic E-state index is 0.0376. The molecule has 0 unspecified atom stereocenters. The third kappa shape index (κ3) is 3.94. The molecule has 0 amide bonds. The molecule has 0 aliphatic rings. The summed E-state index contributed by atoms with van der Waals surface area (Å²) in [6.45, 7) is 3.46. The fraction of sp³-hybridized carbons (Fsp3) is 0.190. The van der Waals surface area contributed by atoms with Crippen LogP contribution < -0.4 is 15.8 Å². The maximum Gasteiger partial charge on any atom is 0.247 e. The number of hydrogen-bond acceptors (Lipinski definition) is 10. The van der Waals surface area contributed by atoms with Crippen LogP contribution in [0.15, 0.2) is 36.8 Å². The van der Waals surface area contributed by atoms with E-state index < -0.39 is 6.04 Å². The molecule has 11 heteroatoms. The van der Waals surface area contributed by atoms with Gasteiger partial charge in [-0.25, -0.2) is 14.5 Å². The van der Waals surface area contributed by atoms with Crippen molar-refractivity contribution in [1.29, 1.82) is 5.26 Å². The molecule has 0 aliphatic heterocycles. The highest BCUT2D eigenvalue weighted by molar-refractivity contribution is 5.64. The number of benzene rings is 1. The van der Waals surface area contributed by atoms with Crippen LogP contribution in [0, 0.1) is 18.3 Å². The largest absolute Gasteiger partial charge is 0.508 e. The molecule has 0 radical (unpaired) electrons. The Hall–Kier alpha value is -4.43. The number of fused-ring (bicyclic) bond motifs is 1. The summed E-state index contributed by atoms with van der Waals surface area (Å²) in [6.07, 6.45) is 3.04. The monoisotopic (exact) mass is 432 g/mol. The molecule has 1 atom stereocenters. The third-order valence-electron chi connectivity index (χ3n) is 4.77. The first-order chi connectivity index (χ1) is 15.4. The average molecular weight is 432 g/mol. The van der Waals surface area contributed by atoms with Crippen molar-refractivity contribution in [3.05, 3.63) is 59.3 Å². The lowest BCUT2D eigenvalue weighted by Gasteiger charge is -2.16. The zero-order valence-corrected chi connectivity index (χ0v) is 17.3. The summed E-state index contributed by atoms with van der Waals surface area (Å²) in [7, 11) is 0. The van der Waals surface area contributed by atoms with Crippen molar-refractivity contribution < 1.29 is 14.9 Å². The summed E-state index contributed by atoms with van der Waals surface area (Å²) in [4.78, 5) is 12.5. The van der Waals surface area contributed by atoms with Gasteiger partial charge in [0.2, 0.25) is 5.88 Å². The molecule has 1 aromatic carbocycles. The number of phenols is 1. The molecule has 0 spiro atoms. The molecule has 3 aromatic heterocycles. The lowest BCUT2D eigenvalue weighted by atomic mass is 10.2. The van der Waals surface area contributed by atoms with Crippen LogP contribution in [0.4, 0.5) is 11.6 Å². The molecular weight excluding hydrogens is 412 g/mol. The molecule has 5 N–H and O–H groups in total. The smallest absolute Gasteiger partial charge is 0.247 e. The number of nitrogens with zero attached hydrogens (tertiary/aromatic N) is 6. The van der Waals surface area contributed by atoms with E-state index in [9.17, 15) is 15.5 Å². The summed E-state index contributed by atoms with van der Waals surface area (Å²) in [6, 6.07) is 7.88. The highest BCUT2D eigenvalue weighted by atomic mass is 16.5. The number of nitrogens with one attached hydrogen (secondary N) is 1. The Balaban J connectivity index is 1.74. The number of nitriles is 1. The van der Waals surface area contributed by atoms with E-state index in [1.54, 1.807) is 23.7 Å². The highest BCUT2D eigenvalue weighted by Gasteiger charge is 2.19. The topological polar surface area (TPSA) is 167 Å². The van der Waals surface area contributed by atoms with Crippen molar-refractivity contribution in [2.75, 3.05) is 11.1 Å². The fourth-order valence-electron chi connectivity index (χ4n) is 3.20. The first-order valence-corrected chi connectivity index (χ1v) is 9.64. The molecule has 162 valence electrons. The van der Waals surface area contributed by atoms with Crippen LogP contribution >= 0.6 is 0 Å². The van der Waals surface area contributed by atoms with E-state index in [-0.39, 0.29) is 35.4 Å². The number of ether oxygens (including phenoxy) is 1. The number of aryl methyl sites for hydroxylation is 1. The number of anilines is 2. The summed E-state index contributed by atoms with van der Waals surface area (Å²) in [5, 5.41) is 36.3. The van der Waals surface area contributed by atoms with Crippen LogP contribution in [0.5, 0.6) is 17.4 Å². The van der Waals surface area contributed by atoms with Gasteiger partial charge in [0.05, 0.1) is 12.6 Å². The number of nitrogens with two attached hydrogens (primary N) is 1. The average Bonchev–Trinajstić information content (AvgIpc) is 3.14. The second-order valence-corrected chi connectivity index (χ2v) is 7.12. The van der Waals surface area contributed by atoms with Crippen molar-refractivity contribution in [2.24, 2.45) is 0 Å². The van der Waals surface area contributed by atoms with Crippen molar-refractivity contribution in [1.82, 2.24) is 24.6 Å². The zero-order valence-electron chi connectivity index (χ0n) is 17.3. The molecule has 0 aliphatic carbocycles. The molecular formula is C21H20N8O3. The molecule has 0 saturated heterocycles. The van der Waals surface area contributed by atoms with Gasteiger partial charge >= 0.3 is 0 Å². The van der Waals surface area contributed by atoms with Crippen LogP contribution in [0.2, 0.25) is 0 Å². The van der Waals surface area contributed by atoms with Gasteiger partial charge in [0.15, 0.2) is 5.82 Å². The van der Waals surface area contributed by atoms with Crippen LogP contribution in [0.3, 0.4) is 0 Å². The van der Waals surface area contributed by atoms with E-state index in [1.165, 1.54) is 18.5 Å². The molecule has 11 nitrogen and oxygen atoms in total. The minimum Gasteiger partial charge on any atom is -0.508 e. The van der Waals surface area contributed by atoms with E-state index in [0.29, 0.717) is 22.7 Å². The predicted octanol–water partition coefficient (Wildman–Crippen LogP) is 2.44. The minimum atomic E-state index is -0.469. The first kappa shape index (κ1) is 20.8. The number of aromatic nitrogens is 5. The highest BCUT2D eigenvalue weighted by Crippen LogP contribution is 2.31. The lowest BCUT2D eigenvalue weighted by Crippen LogP contribution is -2.16. The number of nitrogen functional groups attached to an aromatic ring is 1. The molecule has 3 heterocycles. The summed E-state index contributed by atoms with van der Waals surface area (Å²) < 4.78 is 7.63. The third-order valence-corrected chi connectivity index (χ3v) is 4.77. The number of phenolic OH excluding ortho intramolecular Hbond substituents is 1. The zero-order chi connectivity index (χ0) is 22.8. The van der Waals surface area contributed by atoms with Gasteiger partial charge in [-0.1, -0.05) is 0 Å². The quantitative estimate of drug-likeness (QED) is 0.355. The molecule has 0 fully saturated rings. The molecule has 4 aromatic rings. The van der Waals surface area contributed by atoms with Gasteiger partial charge in [-0.15, -0.1) is 0 Å². The van der Waals surface area contributed by atoms with E-state index in [1.807, 2.05) is 19.1 Å². The SMILES string of the molecule is Cc1ccn2nc([C@H](C)Nc3ncnc(N)c3C#N)nc(Oc3cc(O)cc(CO)c3)c12. The van der Waals surface area contributed by atoms with E-state index in [0.717, 1.165) is 5.56 Å². The number of aliphatic hydroxyl groups is 1. The van der Waals surface area contributed by atoms with E-state index in [4.69, 9.17) is 10.5 Å². The van der Waals surface area contributed by atoms with Crippen molar-refractivity contribution >= 4 is 17.2 Å². The van der Waals surface area contributed by atoms with Crippen LogP contribution in [0.25, 0.3) is 5.52 Å². The standard InChI is InChI=1S/C21H20N8O3/c1-11-3-4-29-17(11)21(32-15-6-13(9-30)5-14(31)7-15)27-19(28-29)12(2)26-20-16(8-22)18(23)24-10-25-20/h3-7,10,12,30-31H,9H2,1-2H3,(H3,23,24,25,26)/t12-/m0/s1. The Morgan fingerprint density at radius 1 is 1.31 bits per heavy atom. The molecule has 0 bridgehead atoms. The maximum atomic E-state index is 9.92. The van der Waals surface area contributed by atoms with Gasteiger partial charge in [-0.3, -0.25) is 0 Å². The number of aromatic hydroxyl groups is 1. The van der Waals surface area contributed by atoms with Gasteiger partial charge in [0.1, 0.15) is 46.6 Å². The van der Waals surface area contributed by atoms with E-state index in [2.05, 4.69) is 25.4 Å². The second kappa shape index (κ2) is 8.37. The molecule has 32 heavy (non-hydrogen) atoms. The van der Waals surface area contributed by atoms with Crippen LogP contribution in [0.1, 0.15) is 35.5 Å². The lowest BCUT2D eigenvalue weighted by molar-refractivity contribution is 0.280. The summed E-state index contributed by atoms with van der Waals surface area (Å²) in [5.74, 6) is 1.25. The summed E-state index contributed by atoms with van der Waals surface area (Å²) >= 11 is 0. The predicted molar refractivity (Wildman–Crippen MR) is 115 cm³/mol. The number of hydrogen-bond donors (Lipinski definition) is 4. The van der Waals surface area contributed by atoms with Gasteiger partial charge in [0, 0.05) is 12.3 Å². The second-order valence-electron chi connectivity index (χ2n) is 7.12. The number of aliphatic hydroxyl groups excluding tert-OH is 1. The Morgan fingerprint density at radius 3 is 2.88 bits per heavy atom. The first-order valence-electron chi connectivity index (χ1n) is 9.64. The van der Waals surface area contributed by atoms with Crippen molar-refractivity contribution in [2.45, 2.75) is 26.5 Å². The van der Waals surface area contributed by atoms with Gasteiger partial charge in [-0.2, -0.15) is 15.3 Å². The van der Waals surface area contributed by atoms with Crippen LogP contribution in [-0.4, -0.2) is 34.8 Å². The maximum absolute atomic E-state index is 9.92. The number of rotatable bonds is 6. The Labute approximate surface area is 182 Å². The van der Waals surface area contributed by atoms with Gasteiger partial charge in [0.25, 0.3) is 0 Å². The van der Waals surface area contributed by atoms with Crippen molar-refractivity contribution in [3.8, 4) is 23.4 Å². The van der Waals surface area contributed by atoms with Gasteiger partial charge in [-0.05, 0) is 43.2 Å². The summed E-state index contributed by atoms with van der Waals surface area (Å²) in [5.41, 5.74) is 7.93.